The van der Waals surface area contributed by atoms with Crippen molar-refractivity contribution in [1.82, 2.24) is 14.9 Å². The molecule has 1 fully saturated rings. The minimum absolute atomic E-state index is 0.185. The highest BCUT2D eigenvalue weighted by Gasteiger charge is 2.37. The highest BCUT2D eigenvalue weighted by atomic mass is 16.6. The van der Waals surface area contributed by atoms with Crippen LogP contribution >= 0.6 is 0 Å². The Morgan fingerprint density at radius 3 is 2.95 bits per heavy atom. The molecule has 122 valence electrons. The number of hydrogen-bond donors (Lipinski definition) is 3. The summed E-state index contributed by atoms with van der Waals surface area (Å²) in [7, 11) is 0. The van der Waals surface area contributed by atoms with E-state index in [4.69, 9.17) is 15.2 Å². The van der Waals surface area contributed by atoms with Gasteiger partial charge in [0.05, 0.1) is 18.8 Å². The van der Waals surface area contributed by atoms with Crippen LogP contribution in [0.25, 0.3) is 0 Å². The van der Waals surface area contributed by atoms with Crippen molar-refractivity contribution >= 4 is 6.09 Å². The van der Waals surface area contributed by atoms with Gasteiger partial charge in [0.15, 0.2) is 0 Å². The second-order valence-electron chi connectivity index (χ2n) is 5.05. The van der Waals surface area contributed by atoms with Crippen molar-refractivity contribution in [3.8, 4) is 0 Å². The number of aryl methyl sites for hydroxylation is 1. The third-order valence-corrected chi connectivity index (χ3v) is 3.50. The van der Waals surface area contributed by atoms with Crippen LogP contribution in [0.4, 0.5) is 4.79 Å². The zero-order valence-corrected chi connectivity index (χ0v) is 12.5. The lowest BCUT2D eigenvalue weighted by atomic mass is 10.1. The molecule has 0 saturated carbocycles. The Morgan fingerprint density at radius 2 is 2.32 bits per heavy atom. The molecule has 0 radical (unpaired) electrons. The van der Waals surface area contributed by atoms with Gasteiger partial charge in [-0.05, 0) is 13.8 Å². The van der Waals surface area contributed by atoms with Crippen molar-refractivity contribution in [2.75, 3.05) is 13.2 Å². The molecule has 1 aromatic heterocycles. The number of aromatic nitrogens is 2. The summed E-state index contributed by atoms with van der Waals surface area (Å²) in [5, 5.41) is 2.67. The van der Waals surface area contributed by atoms with Gasteiger partial charge >= 0.3 is 11.8 Å². The molecular formula is C13H20N4O5. The molecule has 3 atom stereocenters. The topological polar surface area (TPSA) is 128 Å². The van der Waals surface area contributed by atoms with Crippen molar-refractivity contribution in [1.29, 1.82) is 0 Å². The Kier molecular flexibility index (Phi) is 4.99. The Hall–Kier alpha value is -2.13. The van der Waals surface area contributed by atoms with Crippen molar-refractivity contribution < 1.29 is 14.3 Å². The summed E-state index contributed by atoms with van der Waals surface area (Å²) in [6.07, 6.45) is 0.190. The largest absolute Gasteiger partial charge is 0.450 e. The number of nitrogens with two attached hydrogens (primary N) is 1. The molecule has 2 rings (SSSR count). The maximum absolute atomic E-state index is 11.9. The number of nitrogens with zero attached hydrogens (tertiary/aromatic N) is 1. The van der Waals surface area contributed by atoms with E-state index in [-0.39, 0.29) is 19.2 Å². The molecule has 22 heavy (non-hydrogen) atoms. The molecule has 1 aliphatic heterocycles. The summed E-state index contributed by atoms with van der Waals surface area (Å²) < 4.78 is 11.8. The number of amides is 1. The van der Waals surface area contributed by atoms with E-state index in [1.807, 2.05) is 0 Å². The Labute approximate surface area is 126 Å². The SMILES string of the molecule is CCOC(=O)N[C@H]1C[C@H](n2cc(C)c(=O)[nH]c2=O)O[C@@H]1CN. The summed E-state index contributed by atoms with van der Waals surface area (Å²) in [5.74, 6) is 0. The normalized spacial score (nSPS) is 24.2. The van der Waals surface area contributed by atoms with Gasteiger partial charge in [0.25, 0.3) is 5.56 Å². The van der Waals surface area contributed by atoms with E-state index in [1.165, 1.54) is 10.8 Å². The number of H-pyrrole nitrogens is 1. The molecule has 4 N–H and O–H groups in total. The lowest BCUT2D eigenvalue weighted by Crippen LogP contribution is -2.43. The van der Waals surface area contributed by atoms with Crippen molar-refractivity contribution in [2.24, 2.45) is 5.73 Å². The summed E-state index contributed by atoms with van der Waals surface area (Å²) in [5.41, 5.74) is 5.05. The molecule has 1 aliphatic rings. The number of aromatic amines is 1. The van der Waals surface area contributed by atoms with Gasteiger partial charge in [-0.1, -0.05) is 0 Å². The molecule has 0 aromatic carbocycles. The first-order valence-electron chi connectivity index (χ1n) is 7.07. The molecule has 9 heteroatoms. The average molecular weight is 312 g/mol. The van der Waals surface area contributed by atoms with E-state index in [9.17, 15) is 14.4 Å². The van der Waals surface area contributed by atoms with Crippen LogP contribution in [-0.4, -0.2) is 40.9 Å². The molecule has 9 nitrogen and oxygen atoms in total. The first-order valence-corrected chi connectivity index (χ1v) is 7.07. The van der Waals surface area contributed by atoms with Crippen LogP contribution in [0.5, 0.6) is 0 Å². The number of nitrogens with one attached hydrogen (secondary N) is 2. The van der Waals surface area contributed by atoms with E-state index in [1.54, 1.807) is 13.8 Å². The van der Waals surface area contributed by atoms with E-state index >= 15 is 0 Å². The Bertz CT molecular complexity index is 653. The second-order valence-corrected chi connectivity index (χ2v) is 5.05. The van der Waals surface area contributed by atoms with Crippen LogP contribution in [0, 0.1) is 6.92 Å². The van der Waals surface area contributed by atoms with Gasteiger partial charge in [-0.2, -0.15) is 0 Å². The number of rotatable bonds is 4. The van der Waals surface area contributed by atoms with Crippen LogP contribution in [0.2, 0.25) is 0 Å². The minimum Gasteiger partial charge on any atom is -0.450 e. The molecule has 1 amide bonds. The monoisotopic (exact) mass is 312 g/mol. The third kappa shape index (κ3) is 3.37. The van der Waals surface area contributed by atoms with Crippen LogP contribution in [0.3, 0.4) is 0 Å². The zero-order chi connectivity index (χ0) is 16.3. The first-order chi connectivity index (χ1) is 10.5. The highest BCUT2D eigenvalue weighted by Crippen LogP contribution is 2.27. The van der Waals surface area contributed by atoms with Gasteiger partial charge in [-0.15, -0.1) is 0 Å². The minimum atomic E-state index is -0.608. The lowest BCUT2D eigenvalue weighted by Gasteiger charge is -2.17. The lowest BCUT2D eigenvalue weighted by molar-refractivity contribution is -0.0000785. The zero-order valence-electron chi connectivity index (χ0n) is 12.5. The van der Waals surface area contributed by atoms with Crippen LogP contribution < -0.4 is 22.3 Å². The first kappa shape index (κ1) is 16.2. The van der Waals surface area contributed by atoms with Gasteiger partial charge in [-0.3, -0.25) is 14.3 Å². The highest BCUT2D eigenvalue weighted by molar-refractivity contribution is 5.67. The number of carbonyl (C=O) groups excluding carboxylic acids is 1. The molecule has 1 aromatic rings. The molecule has 0 unspecified atom stereocenters. The van der Waals surface area contributed by atoms with E-state index < -0.39 is 29.7 Å². The third-order valence-electron chi connectivity index (χ3n) is 3.50. The summed E-state index contributed by atoms with van der Waals surface area (Å²) in [4.78, 5) is 37.0. The fraction of sp³-hybridized carbons (Fsp3) is 0.615. The maximum Gasteiger partial charge on any atom is 0.407 e. The summed E-state index contributed by atoms with van der Waals surface area (Å²) in [6.45, 7) is 3.74. The molecule has 0 bridgehead atoms. The molecular weight excluding hydrogens is 292 g/mol. The van der Waals surface area contributed by atoms with E-state index in [2.05, 4.69) is 10.3 Å². The molecule has 0 aliphatic carbocycles. The molecule has 2 heterocycles. The number of ether oxygens (including phenoxy) is 2. The molecule has 1 saturated heterocycles. The van der Waals surface area contributed by atoms with Gasteiger partial charge in [0.1, 0.15) is 6.23 Å². The van der Waals surface area contributed by atoms with Gasteiger partial charge in [0.2, 0.25) is 0 Å². The summed E-state index contributed by atoms with van der Waals surface area (Å²) in [6, 6.07) is -0.367. The van der Waals surface area contributed by atoms with Crippen LogP contribution in [0.1, 0.15) is 25.1 Å². The Balaban J connectivity index is 2.18. The predicted molar refractivity (Wildman–Crippen MR) is 77.6 cm³/mol. The summed E-state index contributed by atoms with van der Waals surface area (Å²) >= 11 is 0. The van der Waals surface area contributed by atoms with Gasteiger partial charge < -0.3 is 20.5 Å². The molecule has 0 spiro atoms. The van der Waals surface area contributed by atoms with Crippen LogP contribution in [0.15, 0.2) is 15.8 Å². The van der Waals surface area contributed by atoms with E-state index in [0.29, 0.717) is 12.0 Å². The standard InChI is InChI=1S/C13H20N4O5/c1-3-21-13(20)15-8-4-10(22-9(8)5-14)17-6-7(2)11(18)16-12(17)19/h6,8-10H,3-5,14H2,1-2H3,(H,15,20)(H,16,18,19)/t8-,9+,10+/m0/s1. The predicted octanol–water partition coefficient (Wildman–Crippen LogP) is -0.794. The quantitative estimate of drug-likeness (QED) is 0.668. The number of hydrogen-bond acceptors (Lipinski definition) is 6. The van der Waals surface area contributed by atoms with Gasteiger partial charge in [0, 0.05) is 24.7 Å². The maximum atomic E-state index is 11.9. The number of alkyl carbamates (subject to hydrolysis) is 1. The Morgan fingerprint density at radius 1 is 1.59 bits per heavy atom. The average Bonchev–Trinajstić information content (AvgIpc) is 2.85. The van der Waals surface area contributed by atoms with E-state index in [0.717, 1.165) is 0 Å². The van der Waals surface area contributed by atoms with Crippen molar-refractivity contribution in [3.63, 3.8) is 0 Å². The smallest absolute Gasteiger partial charge is 0.407 e. The van der Waals surface area contributed by atoms with Crippen LogP contribution in [-0.2, 0) is 9.47 Å². The van der Waals surface area contributed by atoms with Crippen molar-refractivity contribution in [3.05, 3.63) is 32.6 Å². The fourth-order valence-corrected chi connectivity index (χ4v) is 2.40. The fourth-order valence-electron chi connectivity index (χ4n) is 2.40. The van der Waals surface area contributed by atoms with Crippen molar-refractivity contribution in [2.45, 2.75) is 38.6 Å². The van der Waals surface area contributed by atoms with Gasteiger partial charge in [-0.25, -0.2) is 9.59 Å². The second kappa shape index (κ2) is 6.75. The number of carbonyl (C=O) groups is 1.